The Hall–Kier alpha value is -1.91. The third-order valence-corrected chi connectivity index (χ3v) is 2.53. The van der Waals surface area contributed by atoms with Crippen LogP contribution in [0.1, 0.15) is 20.3 Å². The van der Waals surface area contributed by atoms with Crippen LogP contribution in [0.5, 0.6) is 0 Å². The van der Waals surface area contributed by atoms with Gasteiger partial charge in [0.1, 0.15) is 11.4 Å². The summed E-state index contributed by atoms with van der Waals surface area (Å²) in [6.07, 6.45) is 7.89. The fourth-order valence-corrected chi connectivity index (χ4v) is 1.56. The molecule has 0 bridgehead atoms. The van der Waals surface area contributed by atoms with Crippen molar-refractivity contribution in [2.24, 2.45) is 5.92 Å². The van der Waals surface area contributed by atoms with Gasteiger partial charge in [-0.25, -0.2) is 0 Å². The van der Waals surface area contributed by atoms with E-state index in [0.29, 0.717) is 23.0 Å². The van der Waals surface area contributed by atoms with Crippen LogP contribution >= 0.6 is 0 Å². The number of hydrogen-bond donors (Lipinski definition) is 1. The normalized spacial score (nSPS) is 11.0. The standard InChI is InChI=1S/C12H17N5/c1-9(2)3-6-17-8-10(13)12(16-17)11-7-14-4-5-15-11/h4-5,7-9H,3,6,13H2,1-2H3. The zero-order chi connectivity index (χ0) is 12.3. The molecule has 0 unspecified atom stereocenters. The fourth-order valence-electron chi connectivity index (χ4n) is 1.56. The summed E-state index contributed by atoms with van der Waals surface area (Å²) < 4.78 is 1.87. The van der Waals surface area contributed by atoms with Gasteiger partial charge in [0, 0.05) is 25.1 Å². The highest BCUT2D eigenvalue weighted by atomic mass is 15.3. The number of nitrogens with zero attached hydrogens (tertiary/aromatic N) is 4. The zero-order valence-electron chi connectivity index (χ0n) is 10.2. The third-order valence-electron chi connectivity index (χ3n) is 2.53. The van der Waals surface area contributed by atoms with E-state index in [2.05, 4.69) is 28.9 Å². The summed E-state index contributed by atoms with van der Waals surface area (Å²) in [6, 6.07) is 0. The summed E-state index contributed by atoms with van der Waals surface area (Å²) in [5.41, 5.74) is 8.00. The van der Waals surface area contributed by atoms with Crippen molar-refractivity contribution >= 4 is 5.69 Å². The van der Waals surface area contributed by atoms with Crippen molar-refractivity contribution in [3.05, 3.63) is 24.8 Å². The van der Waals surface area contributed by atoms with Crippen LogP contribution in [0.25, 0.3) is 11.4 Å². The number of nitrogen functional groups attached to an aromatic ring is 1. The minimum absolute atomic E-state index is 0.647. The van der Waals surface area contributed by atoms with Crippen LogP contribution < -0.4 is 5.73 Å². The molecular weight excluding hydrogens is 214 g/mol. The Balaban J connectivity index is 2.20. The Morgan fingerprint density at radius 2 is 2.18 bits per heavy atom. The quantitative estimate of drug-likeness (QED) is 0.873. The molecule has 2 N–H and O–H groups in total. The Kier molecular flexibility index (Phi) is 3.37. The van der Waals surface area contributed by atoms with Crippen molar-refractivity contribution in [2.45, 2.75) is 26.8 Å². The van der Waals surface area contributed by atoms with Crippen molar-refractivity contribution < 1.29 is 0 Å². The largest absolute Gasteiger partial charge is 0.396 e. The summed E-state index contributed by atoms with van der Waals surface area (Å²) in [5.74, 6) is 0.653. The molecule has 5 nitrogen and oxygen atoms in total. The molecule has 90 valence electrons. The molecule has 5 heteroatoms. The van der Waals surface area contributed by atoms with Crippen molar-refractivity contribution in [2.75, 3.05) is 5.73 Å². The van der Waals surface area contributed by atoms with Gasteiger partial charge in [0.2, 0.25) is 0 Å². The molecule has 0 amide bonds. The van der Waals surface area contributed by atoms with Crippen LogP contribution in [-0.2, 0) is 6.54 Å². The Morgan fingerprint density at radius 3 is 2.82 bits per heavy atom. The van der Waals surface area contributed by atoms with Gasteiger partial charge >= 0.3 is 0 Å². The van der Waals surface area contributed by atoms with Gasteiger partial charge in [0.05, 0.1) is 11.9 Å². The second kappa shape index (κ2) is 4.95. The van der Waals surface area contributed by atoms with Crippen LogP contribution in [0.4, 0.5) is 5.69 Å². The van der Waals surface area contributed by atoms with E-state index < -0.39 is 0 Å². The van der Waals surface area contributed by atoms with Crippen molar-refractivity contribution in [3.8, 4) is 11.4 Å². The second-order valence-electron chi connectivity index (χ2n) is 4.47. The fraction of sp³-hybridized carbons (Fsp3) is 0.417. The molecule has 0 aliphatic carbocycles. The minimum atomic E-state index is 0.647. The lowest BCUT2D eigenvalue weighted by atomic mass is 10.1. The highest BCUT2D eigenvalue weighted by molar-refractivity contribution is 5.68. The van der Waals surface area contributed by atoms with Gasteiger partial charge in [-0.2, -0.15) is 5.10 Å². The van der Waals surface area contributed by atoms with Crippen molar-refractivity contribution in [1.82, 2.24) is 19.7 Å². The average molecular weight is 231 g/mol. The SMILES string of the molecule is CC(C)CCn1cc(N)c(-c2cnccn2)n1. The van der Waals surface area contributed by atoms with Crippen LogP contribution in [0.15, 0.2) is 24.8 Å². The lowest BCUT2D eigenvalue weighted by molar-refractivity contribution is 0.488. The molecule has 0 aromatic carbocycles. The number of anilines is 1. The molecule has 0 aliphatic rings. The zero-order valence-corrected chi connectivity index (χ0v) is 10.2. The lowest BCUT2D eigenvalue weighted by Gasteiger charge is -2.03. The molecule has 0 atom stereocenters. The molecule has 0 fully saturated rings. The van der Waals surface area contributed by atoms with E-state index in [1.807, 2.05) is 10.9 Å². The van der Waals surface area contributed by atoms with Crippen LogP contribution in [0.3, 0.4) is 0 Å². The van der Waals surface area contributed by atoms with Crippen LogP contribution in [0, 0.1) is 5.92 Å². The first-order valence-corrected chi connectivity index (χ1v) is 5.76. The average Bonchev–Trinajstić information content (AvgIpc) is 2.69. The summed E-state index contributed by atoms with van der Waals surface area (Å²) in [4.78, 5) is 8.22. The van der Waals surface area contributed by atoms with Gasteiger partial charge in [-0.1, -0.05) is 13.8 Å². The predicted octanol–water partition coefficient (Wildman–Crippen LogP) is 1.97. The summed E-state index contributed by atoms with van der Waals surface area (Å²) in [7, 11) is 0. The third kappa shape index (κ3) is 2.81. The molecule has 2 aromatic heterocycles. The molecule has 2 rings (SSSR count). The number of aromatic nitrogens is 4. The predicted molar refractivity (Wildman–Crippen MR) is 67.1 cm³/mol. The van der Waals surface area contributed by atoms with E-state index in [0.717, 1.165) is 13.0 Å². The van der Waals surface area contributed by atoms with E-state index in [1.165, 1.54) is 0 Å². The Morgan fingerprint density at radius 1 is 1.35 bits per heavy atom. The summed E-state index contributed by atoms with van der Waals surface area (Å²) in [5, 5.41) is 4.44. The molecule has 0 radical (unpaired) electrons. The van der Waals surface area contributed by atoms with E-state index in [4.69, 9.17) is 5.73 Å². The van der Waals surface area contributed by atoms with Gasteiger partial charge in [-0.3, -0.25) is 14.6 Å². The van der Waals surface area contributed by atoms with E-state index in [9.17, 15) is 0 Å². The van der Waals surface area contributed by atoms with Crippen molar-refractivity contribution in [1.29, 1.82) is 0 Å². The highest BCUT2D eigenvalue weighted by Crippen LogP contribution is 2.21. The molecule has 2 aromatic rings. The first-order valence-electron chi connectivity index (χ1n) is 5.76. The number of aryl methyl sites for hydroxylation is 1. The van der Waals surface area contributed by atoms with E-state index in [1.54, 1.807) is 18.6 Å². The van der Waals surface area contributed by atoms with Gasteiger partial charge in [-0.05, 0) is 12.3 Å². The Bertz CT molecular complexity index is 475. The monoisotopic (exact) mass is 231 g/mol. The van der Waals surface area contributed by atoms with E-state index >= 15 is 0 Å². The first kappa shape index (κ1) is 11.6. The van der Waals surface area contributed by atoms with Gasteiger partial charge in [-0.15, -0.1) is 0 Å². The second-order valence-corrected chi connectivity index (χ2v) is 4.47. The van der Waals surface area contributed by atoms with Crippen LogP contribution in [0.2, 0.25) is 0 Å². The molecule has 17 heavy (non-hydrogen) atoms. The summed E-state index contributed by atoms with van der Waals surface area (Å²) in [6.45, 7) is 5.26. The van der Waals surface area contributed by atoms with Crippen LogP contribution in [-0.4, -0.2) is 19.7 Å². The lowest BCUT2D eigenvalue weighted by Crippen LogP contribution is -2.02. The molecule has 0 saturated heterocycles. The van der Waals surface area contributed by atoms with Gasteiger partial charge in [0.25, 0.3) is 0 Å². The van der Waals surface area contributed by atoms with Gasteiger partial charge in [0.15, 0.2) is 0 Å². The maximum atomic E-state index is 5.93. The number of nitrogens with two attached hydrogens (primary N) is 1. The van der Waals surface area contributed by atoms with Crippen molar-refractivity contribution in [3.63, 3.8) is 0 Å². The smallest absolute Gasteiger partial charge is 0.135 e. The molecule has 0 spiro atoms. The topological polar surface area (TPSA) is 69.6 Å². The van der Waals surface area contributed by atoms with E-state index in [-0.39, 0.29) is 0 Å². The highest BCUT2D eigenvalue weighted by Gasteiger charge is 2.09. The maximum absolute atomic E-state index is 5.93. The first-order chi connectivity index (χ1) is 8.16. The number of rotatable bonds is 4. The Labute approximate surface area is 101 Å². The molecule has 0 saturated carbocycles. The minimum Gasteiger partial charge on any atom is -0.396 e. The molecule has 0 aliphatic heterocycles. The number of hydrogen-bond acceptors (Lipinski definition) is 4. The summed E-state index contributed by atoms with van der Waals surface area (Å²) >= 11 is 0. The molecular formula is C12H17N5. The maximum Gasteiger partial charge on any atom is 0.135 e. The van der Waals surface area contributed by atoms with Gasteiger partial charge < -0.3 is 5.73 Å². The molecule has 2 heterocycles.